The van der Waals surface area contributed by atoms with Crippen molar-refractivity contribution >= 4 is 29.3 Å². The maximum absolute atomic E-state index is 14.3. The molecule has 10 nitrogen and oxygen atoms in total. The number of aromatic nitrogens is 3. The fraction of sp³-hybridized carbons (Fsp3) is 0.259. The van der Waals surface area contributed by atoms with Crippen LogP contribution in [0.25, 0.3) is 22.2 Å². The standard InChI is InChI=1S/C27H30FN7O3/c1-16(2)35-12-23(25-26(31)33-15-34-27(25)35)18-3-5-20(6-4-18)38-22-8-19(28)7-21(9-22)37-14-17(10-29)11-32-24(30)13-36/h3-12,15-17,24,29,36H,13-14,30H2,1-2H3,(H2,31,33,34). The van der Waals surface area contributed by atoms with Crippen LogP contribution in [0.15, 0.2) is 60.0 Å². The number of hydrogen-bond acceptors (Lipinski definition) is 9. The fourth-order valence-corrected chi connectivity index (χ4v) is 3.83. The van der Waals surface area contributed by atoms with Crippen LogP contribution < -0.4 is 20.9 Å². The number of nitrogens with zero attached hydrogens (tertiary/aromatic N) is 4. The molecule has 198 valence electrons. The van der Waals surface area contributed by atoms with E-state index in [9.17, 15) is 4.39 Å². The molecular formula is C27H30FN7O3. The smallest absolute Gasteiger partial charge is 0.146 e. The van der Waals surface area contributed by atoms with Gasteiger partial charge in [-0.25, -0.2) is 14.4 Å². The van der Waals surface area contributed by atoms with E-state index < -0.39 is 17.9 Å². The lowest BCUT2D eigenvalue weighted by Gasteiger charge is -2.12. The Labute approximate surface area is 219 Å². The van der Waals surface area contributed by atoms with Gasteiger partial charge in [0.05, 0.1) is 17.9 Å². The van der Waals surface area contributed by atoms with Crippen molar-refractivity contribution in [2.45, 2.75) is 26.1 Å². The topological polar surface area (TPSA) is 158 Å². The van der Waals surface area contributed by atoms with Gasteiger partial charge in [-0.2, -0.15) is 0 Å². The maximum Gasteiger partial charge on any atom is 0.146 e. The number of hydrogen-bond donors (Lipinski definition) is 4. The first-order chi connectivity index (χ1) is 18.3. The van der Waals surface area contributed by atoms with Crippen molar-refractivity contribution in [3.63, 3.8) is 0 Å². The molecule has 0 radical (unpaired) electrons. The molecular weight excluding hydrogens is 489 g/mol. The van der Waals surface area contributed by atoms with E-state index in [1.54, 1.807) is 18.2 Å². The van der Waals surface area contributed by atoms with Crippen molar-refractivity contribution < 1.29 is 19.0 Å². The molecule has 0 fully saturated rings. The van der Waals surface area contributed by atoms with Crippen molar-refractivity contribution in [3.05, 3.63) is 60.8 Å². The molecule has 2 atom stereocenters. The Balaban J connectivity index is 1.50. The molecule has 2 heterocycles. The third-order valence-electron chi connectivity index (χ3n) is 5.75. The Bertz CT molecular complexity index is 1440. The average Bonchev–Trinajstić information content (AvgIpc) is 3.30. The summed E-state index contributed by atoms with van der Waals surface area (Å²) < 4.78 is 27.9. The van der Waals surface area contributed by atoms with Gasteiger partial charge in [0.15, 0.2) is 0 Å². The summed E-state index contributed by atoms with van der Waals surface area (Å²) >= 11 is 0. The molecule has 0 saturated heterocycles. The van der Waals surface area contributed by atoms with Gasteiger partial charge < -0.3 is 36.0 Å². The Morgan fingerprint density at radius 1 is 1.13 bits per heavy atom. The lowest BCUT2D eigenvalue weighted by molar-refractivity contribution is 0.269. The van der Waals surface area contributed by atoms with Gasteiger partial charge in [-0.15, -0.1) is 0 Å². The average molecular weight is 520 g/mol. The van der Waals surface area contributed by atoms with E-state index in [1.165, 1.54) is 24.7 Å². The molecule has 2 unspecified atom stereocenters. The SMILES string of the molecule is CC(C)n1cc(-c2ccc(Oc3cc(F)cc(OCC(C=N)C=NC(N)CO)c3)cc2)c2c(N)ncnc21. The summed E-state index contributed by atoms with van der Waals surface area (Å²) in [6.45, 7) is 3.87. The lowest BCUT2D eigenvalue weighted by atomic mass is 10.1. The Morgan fingerprint density at radius 2 is 1.87 bits per heavy atom. The summed E-state index contributed by atoms with van der Waals surface area (Å²) in [6, 6.07) is 11.6. The number of aliphatic hydroxyl groups excluding tert-OH is 1. The summed E-state index contributed by atoms with van der Waals surface area (Å²) in [7, 11) is 0. The van der Waals surface area contributed by atoms with Gasteiger partial charge in [-0.1, -0.05) is 12.1 Å². The van der Waals surface area contributed by atoms with E-state index in [1.807, 2.05) is 18.3 Å². The zero-order chi connectivity index (χ0) is 27.2. The third kappa shape index (κ3) is 6.13. The Hall–Kier alpha value is -4.35. The first kappa shape index (κ1) is 26.7. The molecule has 0 saturated carbocycles. The van der Waals surface area contributed by atoms with Crippen LogP contribution in [0.3, 0.4) is 0 Å². The van der Waals surface area contributed by atoms with Gasteiger partial charge in [0.1, 0.15) is 53.6 Å². The van der Waals surface area contributed by atoms with E-state index >= 15 is 0 Å². The monoisotopic (exact) mass is 519 g/mol. The van der Waals surface area contributed by atoms with Crippen molar-refractivity contribution in [1.82, 2.24) is 14.5 Å². The van der Waals surface area contributed by atoms with E-state index in [-0.39, 0.29) is 30.8 Å². The molecule has 0 bridgehead atoms. The van der Waals surface area contributed by atoms with Gasteiger partial charge in [0.25, 0.3) is 0 Å². The van der Waals surface area contributed by atoms with Crippen molar-refractivity contribution in [3.8, 4) is 28.4 Å². The molecule has 0 amide bonds. The van der Waals surface area contributed by atoms with Gasteiger partial charge in [0.2, 0.25) is 0 Å². The summed E-state index contributed by atoms with van der Waals surface area (Å²) in [5.41, 5.74) is 14.3. The van der Waals surface area contributed by atoms with E-state index in [4.69, 9.17) is 31.5 Å². The van der Waals surface area contributed by atoms with Gasteiger partial charge in [-0.05, 0) is 31.5 Å². The quantitative estimate of drug-likeness (QED) is 0.216. The molecule has 6 N–H and O–H groups in total. The second-order valence-corrected chi connectivity index (χ2v) is 8.94. The van der Waals surface area contributed by atoms with Crippen LogP contribution in [0, 0.1) is 17.1 Å². The molecule has 38 heavy (non-hydrogen) atoms. The highest BCUT2D eigenvalue weighted by molar-refractivity contribution is 6.00. The summed E-state index contributed by atoms with van der Waals surface area (Å²) in [6.07, 6.45) is 5.25. The second kappa shape index (κ2) is 11.8. The highest BCUT2D eigenvalue weighted by atomic mass is 19.1. The molecule has 2 aromatic carbocycles. The number of rotatable bonds is 11. The third-order valence-corrected chi connectivity index (χ3v) is 5.75. The number of fused-ring (bicyclic) bond motifs is 1. The van der Waals surface area contributed by atoms with E-state index in [2.05, 4.69) is 33.4 Å². The molecule has 0 aliphatic heterocycles. The van der Waals surface area contributed by atoms with Crippen LogP contribution in [0.2, 0.25) is 0 Å². The number of benzene rings is 2. The number of halogens is 1. The van der Waals surface area contributed by atoms with Crippen LogP contribution in [-0.2, 0) is 0 Å². The summed E-state index contributed by atoms with van der Waals surface area (Å²) in [5, 5.41) is 17.3. The number of nitrogen functional groups attached to an aromatic ring is 1. The molecule has 0 aliphatic rings. The Kier molecular flexibility index (Phi) is 8.29. The van der Waals surface area contributed by atoms with Crippen molar-refractivity contribution in [2.75, 3.05) is 18.9 Å². The largest absolute Gasteiger partial charge is 0.492 e. The van der Waals surface area contributed by atoms with Gasteiger partial charge in [0, 0.05) is 48.4 Å². The number of ether oxygens (including phenoxy) is 2. The van der Waals surface area contributed by atoms with Crippen molar-refractivity contribution in [1.29, 1.82) is 5.41 Å². The lowest BCUT2D eigenvalue weighted by Crippen LogP contribution is -2.24. The van der Waals surface area contributed by atoms with Crippen molar-refractivity contribution in [2.24, 2.45) is 16.6 Å². The van der Waals surface area contributed by atoms with Crippen LogP contribution >= 0.6 is 0 Å². The molecule has 11 heteroatoms. The number of aliphatic hydroxyl groups is 1. The molecule has 4 aromatic rings. The van der Waals surface area contributed by atoms with Crippen LogP contribution in [0.4, 0.5) is 10.2 Å². The molecule has 0 spiro atoms. The van der Waals surface area contributed by atoms with Crippen LogP contribution in [-0.4, -0.2) is 51.5 Å². The second-order valence-electron chi connectivity index (χ2n) is 8.94. The highest BCUT2D eigenvalue weighted by Crippen LogP contribution is 2.35. The summed E-state index contributed by atoms with van der Waals surface area (Å²) in [4.78, 5) is 12.5. The predicted molar refractivity (Wildman–Crippen MR) is 146 cm³/mol. The first-order valence-corrected chi connectivity index (χ1v) is 12.0. The molecule has 0 aliphatic carbocycles. The van der Waals surface area contributed by atoms with E-state index in [0.717, 1.165) is 28.4 Å². The number of nitrogens with two attached hydrogens (primary N) is 2. The number of aliphatic imine (C=N–C) groups is 1. The minimum absolute atomic E-state index is 0.0412. The number of anilines is 1. The Morgan fingerprint density at radius 3 is 2.55 bits per heavy atom. The fourth-order valence-electron chi connectivity index (χ4n) is 3.83. The van der Waals surface area contributed by atoms with Crippen LogP contribution in [0.1, 0.15) is 19.9 Å². The normalized spacial score (nSPS) is 13.2. The number of nitrogens with one attached hydrogen (secondary N) is 1. The maximum atomic E-state index is 14.3. The molecule has 4 rings (SSSR count). The zero-order valence-corrected chi connectivity index (χ0v) is 21.1. The summed E-state index contributed by atoms with van der Waals surface area (Å²) in [5.74, 6) is 0.376. The van der Waals surface area contributed by atoms with Gasteiger partial charge >= 0.3 is 0 Å². The predicted octanol–water partition coefficient (Wildman–Crippen LogP) is 4.19. The minimum Gasteiger partial charge on any atom is -0.492 e. The van der Waals surface area contributed by atoms with Crippen LogP contribution in [0.5, 0.6) is 17.2 Å². The van der Waals surface area contributed by atoms with Gasteiger partial charge in [-0.3, -0.25) is 4.99 Å². The molecule has 2 aromatic heterocycles. The first-order valence-electron chi connectivity index (χ1n) is 12.0. The van der Waals surface area contributed by atoms with E-state index in [0.29, 0.717) is 11.6 Å². The zero-order valence-electron chi connectivity index (χ0n) is 21.1. The minimum atomic E-state index is -0.766. The highest BCUT2D eigenvalue weighted by Gasteiger charge is 2.16.